The molecule has 1 aliphatic rings. The van der Waals surface area contributed by atoms with Crippen LogP contribution in [0.15, 0.2) is 24.3 Å². The maximum atomic E-state index is 12.2. The molecule has 1 unspecified atom stereocenters. The zero-order valence-electron chi connectivity index (χ0n) is 12.8. The topological polar surface area (TPSA) is 41.6 Å². The Hall–Kier alpha value is -1.10. The molecule has 118 valence electrons. The van der Waals surface area contributed by atoms with Gasteiger partial charge >= 0.3 is 0 Å². The average Bonchev–Trinajstić information content (AvgIpc) is 2.49. The van der Waals surface area contributed by atoms with Crippen LogP contribution in [-0.4, -0.2) is 43.7 Å². The van der Waals surface area contributed by atoms with Crippen LogP contribution in [-0.2, 0) is 22.5 Å². The molecule has 0 radical (unpaired) electrons. The Morgan fingerprint density at radius 2 is 2.00 bits per heavy atom. The minimum absolute atomic E-state index is 0. The molecule has 1 N–H and O–H groups in total. The van der Waals surface area contributed by atoms with Gasteiger partial charge in [-0.05, 0) is 17.5 Å². The normalized spacial score (nSPS) is 17.9. The lowest BCUT2D eigenvalue weighted by molar-refractivity contribution is -0.133. The number of hydrogen-bond donors (Lipinski definition) is 1. The second kappa shape index (κ2) is 9.03. The highest BCUT2D eigenvalue weighted by atomic mass is 35.5. The molecular weight excluding hydrogens is 288 g/mol. The van der Waals surface area contributed by atoms with Crippen LogP contribution in [0.2, 0.25) is 0 Å². The highest BCUT2D eigenvalue weighted by Crippen LogP contribution is 2.10. The molecule has 0 aliphatic carbocycles. The van der Waals surface area contributed by atoms with E-state index in [1.54, 1.807) is 4.90 Å². The predicted octanol–water partition coefficient (Wildman–Crippen LogP) is 2.01. The van der Waals surface area contributed by atoms with Gasteiger partial charge in [0.25, 0.3) is 0 Å². The Bertz CT molecular complexity index is 430. The molecule has 4 nitrogen and oxygen atoms in total. The molecule has 0 bridgehead atoms. The summed E-state index contributed by atoms with van der Waals surface area (Å²) in [5, 5.41) is 3.25. The lowest BCUT2D eigenvalue weighted by Gasteiger charge is -2.25. The van der Waals surface area contributed by atoms with Gasteiger partial charge in [0.1, 0.15) is 0 Å². The molecule has 0 spiro atoms. The number of amides is 1. The molecule has 1 heterocycles. The van der Waals surface area contributed by atoms with Crippen LogP contribution in [0, 0.1) is 0 Å². The Morgan fingerprint density at radius 1 is 1.33 bits per heavy atom. The fourth-order valence-electron chi connectivity index (χ4n) is 2.34. The van der Waals surface area contributed by atoms with Crippen LogP contribution < -0.4 is 5.32 Å². The first-order valence-electron chi connectivity index (χ1n) is 7.33. The van der Waals surface area contributed by atoms with Gasteiger partial charge in [-0.1, -0.05) is 31.2 Å². The van der Waals surface area contributed by atoms with Crippen molar-refractivity contribution in [3.05, 3.63) is 35.4 Å². The molecule has 1 saturated heterocycles. The van der Waals surface area contributed by atoms with Crippen LogP contribution in [0.4, 0.5) is 0 Å². The Labute approximate surface area is 133 Å². The fourth-order valence-corrected chi connectivity index (χ4v) is 2.34. The van der Waals surface area contributed by atoms with E-state index in [1.807, 2.05) is 7.05 Å². The van der Waals surface area contributed by atoms with Crippen molar-refractivity contribution in [2.75, 3.05) is 26.7 Å². The zero-order chi connectivity index (χ0) is 14.4. The molecule has 1 atom stereocenters. The molecule has 1 aromatic rings. The average molecular weight is 313 g/mol. The van der Waals surface area contributed by atoms with E-state index >= 15 is 0 Å². The first-order valence-corrected chi connectivity index (χ1v) is 7.33. The number of nitrogens with zero attached hydrogens (tertiary/aromatic N) is 1. The molecule has 21 heavy (non-hydrogen) atoms. The summed E-state index contributed by atoms with van der Waals surface area (Å²) >= 11 is 0. The van der Waals surface area contributed by atoms with Gasteiger partial charge < -0.3 is 15.0 Å². The minimum atomic E-state index is 0. The minimum Gasteiger partial charge on any atom is -0.375 e. The van der Waals surface area contributed by atoms with E-state index in [0.717, 1.165) is 19.5 Å². The zero-order valence-corrected chi connectivity index (χ0v) is 13.6. The number of hydrogen-bond acceptors (Lipinski definition) is 3. The summed E-state index contributed by atoms with van der Waals surface area (Å²) < 4.78 is 5.57. The molecule has 2 rings (SSSR count). The van der Waals surface area contributed by atoms with E-state index in [4.69, 9.17) is 4.74 Å². The van der Waals surface area contributed by atoms with Crippen molar-refractivity contribution in [1.29, 1.82) is 0 Å². The van der Waals surface area contributed by atoms with Crippen molar-refractivity contribution < 1.29 is 9.53 Å². The molecule has 5 heteroatoms. The first-order chi connectivity index (χ1) is 9.69. The number of rotatable bonds is 5. The second-order valence-corrected chi connectivity index (χ2v) is 5.32. The van der Waals surface area contributed by atoms with E-state index in [9.17, 15) is 4.79 Å². The lowest BCUT2D eigenvalue weighted by atomic mass is 10.1. The van der Waals surface area contributed by atoms with Gasteiger partial charge in [0.2, 0.25) is 5.91 Å². The summed E-state index contributed by atoms with van der Waals surface area (Å²) in [5.41, 5.74) is 2.49. The molecule has 0 aromatic heterocycles. The molecule has 0 saturated carbocycles. The number of carbonyl (C=O) groups excluding carboxylic acids is 1. The third-order valence-corrected chi connectivity index (χ3v) is 3.68. The van der Waals surface area contributed by atoms with Crippen molar-refractivity contribution in [3.8, 4) is 0 Å². The smallest absolute Gasteiger partial charge is 0.225 e. The SMILES string of the molecule is CCc1ccc(CN(C)C(=O)CC2CNCCO2)cc1.Cl. The van der Waals surface area contributed by atoms with E-state index in [0.29, 0.717) is 19.6 Å². The van der Waals surface area contributed by atoms with E-state index in [1.165, 1.54) is 11.1 Å². The lowest BCUT2D eigenvalue weighted by Crippen LogP contribution is -2.41. The van der Waals surface area contributed by atoms with E-state index < -0.39 is 0 Å². The van der Waals surface area contributed by atoms with Gasteiger partial charge in [0.05, 0.1) is 19.1 Å². The molecule has 1 fully saturated rings. The summed E-state index contributed by atoms with van der Waals surface area (Å²) in [5.74, 6) is 0.137. The summed E-state index contributed by atoms with van der Waals surface area (Å²) in [4.78, 5) is 13.9. The standard InChI is InChI=1S/C16H24N2O2.ClH/c1-3-13-4-6-14(7-5-13)12-18(2)16(19)10-15-11-17-8-9-20-15;/h4-7,15,17H,3,8-12H2,1-2H3;1H. The fraction of sp³-hybridized carbons (Fsp3) is 0.562. The van der Waals surface area contributed by atoms with Gasteiger partial charge in [0, 0.05) is 26.7 Å². The van der Waals surface area contributed by atoms with Crippen molar-refractivity contribution in [2.45, 2.75) is 32.4 Å². The monoisotopic (exact) mass is 312 g/mol. The number of halogens is 1. The quantitative estimate of drug-likeness (QED) is 0.904. The van der Waals surface area contributed by atoms with Crippen molar-refractivity contribution in [2.24, 2.45) is 0 Å². The first kappa shape index (κ1) is 18.0. The van der Waals surface area contributed by atoms with Crippen LogP contribution >= 0.6 is 12.4 Å². The maximum Gasteiger partial charge on any atom is 0.225 e. The second-order valence-electron chi connectivity index (χ2n) is 5.32. The number of aryl methyl sites for hydroxylation is 1. The summed E-state index contributed by atoms with van der Waals surface area (Å²) in [6, 6.07) is 8.45. The highest BCUT2D eigenvalue weighted by Gasteiger charge is 2.19. The Balaban J connectivity index is 0.00000220. The molecule has 1 aliphatic heterocycles. The molecular formula is C16H25ClN2O2. The largest absolute Gasteiger partial charge is 0.375 e. The van der Waals surface area contributed by atoms with Crippen LogP contribution in [0.1, 0.15) is 24.5 Å². The Kier molecular flexibility index (Phi) is 7.72. The number of nitrogens with one attached hydrogen (secondary N) is 1. The number of ether oxygens (including phenoxy) is 1. The van der Waals surface area contributed by atoms with Crippen molar-refractivity contribution in [3.63, 3.8) is 0 Å². The van der Waals surface area contributed by atoms with Gasteiger partial charge in [-0.15, -0.1) is 12.4 Å². The van der Waals surface area contributed by atoms with Gasteiger partial charge in [-0.2, -0.15) is 0 Å². The summed E-state index contributed by atoms with van der Waals surface area (Å²) in [6.07, 6.45) is 1.51. The number of morpholine rings is 1. The van der Waals surface area contributed by atoms with E-state index in [2.05, 4.69) is 36.5 Å². The predicted molar refractivity (Wildman–Crippen MR) is 86.8 cm³/mol. The molecule has 1 amide bonds. The number of benzene rings is 1. The molecule has 1 aromatic carbocycles. The van der Waals surface area contributed by atoms with Gasteiger partial charge in [-0.3, -0.25) is 4.79 Å². The van der Waals surface area contributed by atoms with Gasteiger partial charge in [0.15, 0.2) is 0 Å². The summed E-state index contributed by atoms with van der Waals surface area (Å²) in [6.45, 7) is 5.14. The van der Waals surface area contributed by atoms with Crippen LogP contribution in [0.25, 0.3) is 0 Å². The maximum absolute atomic E-state index is 12.2. The Morgan fingerprint density at radius 3 is 2.57 bits per heavy atom. The van der Waals surface area contributed by atoms with Crippen molar-refractivity contribution >= 4 is 18.3 Å². The number of carbonyl (C=O) groups is 1. The summed E-state index contributed by atoms with van der Waals surface area (Å²) in [7, 11) is 1.85. The van der Waals surface area contributed by atoms with Gasteiger partial charge in [-0.25, -0.2) is 0 Å². The van der Waals surface area contributed by atoms with E-state index in [-0.39, 0.29) is 24.4 Å². The third-order valence-electron chi connectivity index (χ3n) is 3.68. The van der Waals surface area contributed by atoms with Crippen LogP contribution in [0.3, 0.4) is 0 Å². The highest BCUT2D eigenvalue weighted by molar-refractivity contribution is 5.85. The van der Waals surface area contributed by atoms with Crippen molar-refractivity contribution in [1.82, 2.24) is 10.2 Å². The third kappa shape index (κ3) is 5.65. The van der Waals surface area contributed by atoms with Crippen LogP contribution in [0.5, 0.6) is 0 Å².